The first-order chi connectivity index (χ1) is 16.8. The Bertz CT molecular complexity index is 1320. The van der Waals surface area contributed by atoms with Crippen LogP contribution < -0.4 is 15.4 Å². The lowest BCUT2D eigenvalue weighted by atomic mass is 10.1. The average Bonchev–Trinajstić information content (AvgIpc) is 3.09. The lowest BCUT2D eigenvalue weighted by Gasteiger charge is -2.11. The van der Waals surface area contributed by atoms with Crippen molar-refractivity contribution in [2.45, 2.75) is 20.4 Å². The molecule has 0 aromatic heterocycles. The molecule has 178 valence electrons. The topological polar surface area (TPSA) is 87.7 Å². The summed E-state index contributed by atoms with van der Waals surface area (Å²) in [6.45, 7) is 3.96. The Kier molecular flexibility index (Phi) is 7.17. The van der Waals surface area contributed by atoms with Crippen LogP contribution in [0.2, 0.25) is 5.02 Å². The van der Waals surface area contributed by atoms with Gasteiger partial charge in [0.2, 0.25) is 0 Å². The zero-order valence-corrected chi connectivity index (χ0v) is 20.1. The van der Waals surface area contributed by atoms with Crippen LogP contribution in [0.1, 0.15) is 22.3 Å². The molecule has 7 nitrogen and oxygen atoms in total. The van der Waals surface area contributed by atoms with E-state index in [9.17, 15) is 14.4 Å². The van der Waals surface area contributed by atoms with Gasteiger partial charge in [0.15, 0.2) is 6.61 Å². The lowest BCUT2D eigenvalue weighted by molar-refractivity contribution is -0.123. The number of imide groups is 1. The molecule has 1 saturated heterocycles. The number of hydrogen-bond acceptors (Lipinski definition) is 4. The lowest BCUT2D eigenvalue weighted by Crippen LogP contribution is -2.30. The second-order valence-corrected chi connectivity index (χ2v) is 8.65. The first kappa shape index (κ1) is 24.0. The van der Waals surface area contributed by atoms with Crippen LogP contribution in [0.4, 0.5) is 10.5 Å². The molecule has 4 amide bonds. The van der Waals surface area contributed by atoms with Crippen LogP contribution in [0.3, 0.4) is 0 Å². The van der Waals surface area contributed by atoms with E-state index in [1.165, 1.54) is 0 Å². The number of rotatable bonds is 7. The van der Waals surface area contributed by atoms with E-state index in [-0.39, 0.29) is 24.8 Å². The summed E-state index contributed by atoms with van der Waals surface area (Å²) in [5.41, 5.74) is 4.54. The highest BCUT2D eigenvalue weighted by Gasteiger charge is 2.33. The number of carbonyl (C=O) groups is 3. The van der Waals surface area contributed by atoms with Crippen molar-refractivity contribution in [3.8, 4) is 5.75 Å². The van der Waals surface area contributed by atoms with Gasteiger partial charge in [0, 0.05) is 10.7 Å². The number of nitrogens with zero attached hydrogens (tertiary/aromatic N) is 1. The first-order valence-corrected chi connectivity index (χ1v) is 11.4. The molecule has 3 aromatic rings. The SMILES string of the molecule is Cc1ccc(NC(=O)COc2cccc(/C=C3\NC(=O)N(Cc4ccc(Cl)cc4)C3=O)c2)cc1C. The Morgan fingerprint density at radius 3 is 2.54 bits per heavy atom. The van der Waals surface area contributed by atoms with Crippen LogP contribution in [-0.2, 0) is 16.1 Å². The third kappa shape index (κ3) is 6.07. The highest BCUT2D eigenvalue weighted by atomic mass is 35.5. The van der Waals surface area contributed by atoms with Gasteiger partial charge in [-0.2, -0.15) is 0 Å². The van der Waals surface area contributed by atoms with Gasteiger partial charge >= 0.3 is 6.03 Å². The standard InChI is InChI=1S/C27H24ClN3O4/c1-17-6-11-22(12-18(17)2)29-25(32)16-35-23-5-3-4-20(13-23)14-24-26(33)31(27(34)30-24)15-19-7-9-21(28)10-8-19/h3-14H,15-16H2,1-2H3,(H,29,32)(H,30,34)/b24-14-. The second kappa shape index (κ2) is 10.4. The van der Waals surface area contributed by atoms with Crippen molar-refractivity contribution < 1.29 is 19.1 Å². The zero-order chi connectivity index (χ0) is 24.9. The molecule has 0 atom stereocenters. The number of anilines is 1. The summed E-state index contributed by atoms with van der Waals surface area (Å²) >= 11 is 5.90. The van der Waals surface area contributed by atoms with Gasteiger partial charge in [-0.15, -0.1) is 0 Å². The number of urea groups is 1. The minimum Gasteiger partial charge on any atom is -0.484 e. The Labute approximate surface area is 208 Å². The molecule has 8 heteroatoms. The molecule has 0 unspecified atom stereocenters. The van der Waals surface area contributed by atoms with Gasteiger partial charge in [0.1, 0.15) is 11.4 Å². The molecule has 0 spiro atoms. The first-order valence-electron chi connectivity index (χ1n) is 11.0. The minimum absolute atomic E-state index is 0.137. The van der Waals surface area contributed by atoms with E-state index in [4.69, 9.17) is 16.3 Å². The summed E-state index contributed by atoms with van der Waals surface area (Å²) in [5, 5.41) is 6.00. The molecule has 0 radical (unpaired) electrons. The summed E-state index contributed by atoms with van der Waals surface area (Å²) in [6, 6.07) is 19.1. The molecule has 2 N–H and O–H groups in total. The summed E-state index contributed by atoms with van der Waals surface area (Å²) in [4.78, 5) is 38.5. The van der Waals surface area contributed by atoms with Crippen molar-refractivity contribution in [1.82, 2.24) is 10.2 Å². The van der Waals surface area contributed by atoms with E-state index in [2.05, 4.69) is 10.6 Å². The smallest absolute Gasteiger partial charge is 0.329 e. The Balaban J connectivity index is 1.38. The fourth-order valence-corrected chi connectivity index (χ4v) is 3.64. The normalized spacial score (nSPS) is 14.3. The van der Waals surface area contributed by atoms with Crippen LogP contribution in [0, 0.1) is 13.8 Å². The molecule has 0 bridgehead atoms. The zero-order valence-electron chi connectivity index (χ0n) is 19.3. The third-order valence-electron chi connectivity index (χ3n) is 5.55. The average molecular weight is 490 g/mol. The van der Waals surface area contributed by atoms with Crippen LogP contribution in [0.25, 0.3) is 6.08 Å². The van der Waals surface area contributed by atoms with E-state index >= 15 is 0 Å². The van der Waals surface area contributed by atoms with Crippen molar-refractivity contribution >= 4 is 41.2 Å². The van der Waals surface area contributed by atoms with Crippen LogP contribution >= 0.6 is 11.6 Å². The Morgan fingerprint density at radius 2 is 1.80 bits per heavy atom. The molecule has 0 aliphatic carbocycles. The molecule has 3 aromatic carbocycles. The number of hydrogen-bond donors (Lipinski definition) is 2. The predicted octanol–water partition coefficient (Wildman–Crippen LogP) is 5.07. The van der Waals surface area contributed by atoms with Gasteiger partial charge in [0.25, 0.3) is 11.8 Å². The highest BCUT2D eigenvalue weighted by Crippen LogP contribution is 2.21. The van der Waals surface area contributed by atoms with Crippen molar-refractivity contribution in [2.24, 2.45) is 0 Å². The Morgan fingerprint density at radius 1 is 1.03 bits per heavy atom. The molecule has 35 heavy (non-hydrogen) atoms. The van der Waals surface area contributed by atoms with Crippen LogP contribution in [0.15, 0.2) is 72.4 Å². The number of ether oxygens (including phenoxy) is 1. The fourth-order valence-electron chi connectivity index (χ4n) is 3.51. The molecule has 1 aliphatic heterocycles. The monoisotopic (exact) mass is 489 g/mol. The molecule has 1 fully saturated rings. The van der Waals surface area contributed by atoms with Gasteiger partial charge in [-0.25, -0.2) is 4.79 Å². The van der Waals surface area contributed by atoms with E-state index in [0.717, 1.165) is 21.6 Å². The second-order valence-electron chi connectivity index (χ2n) is 8.21. The van der Waals surface area contributed by atoms with Crippen molar-refractivity contribution in [1.29, 1.82) is 0 Å². The molecule has 1 heterocycles. The summed E-state index contributed by atoms with van der Waals surface area (Å²) in [5.74, 6) is -0.249. The molecule has 1 aliphatic rings. The van der Waals surface area contributed by atoms with Crippen molar-refractivity contribution in [3.63, 3.8) is 0 Å². The predicted molar refractivity (Wildman–Crippen MR) is 135 cm³/mol. The minimum atomic E-state index is -0.494. The van der Waals surface area contributed by atoms with Gasteiger partial charge in [0.05, 0.1) is 6.54 Å². The third-order valence-corrected chi connectivity index (χ3v) is 5.80. The number of aryl methyl sites for hydroxylation is 2. The molecule has 4 rings (SSSR count). The van der Waals surface area contributed by atoms with Gasteiger partial charge in [-0.05, 0) is 78.6 Å². The molecular weight excluding hydrogens is 466 g/mol. The maximum Gasteiger partial charge on any atom is 0.329 e. The number of nitrogens with one attached hydrogen (secondary N) is 2. The number of carbonyl (C=O) groups excluding carboxylic acids is 3. The maximum absolute atomic E-state index is 12.8. The fraction of sp³-hybridized carbons (Fsp3) is 0.148. The van der Waals surface area contributed by atoms with E-state index in [0.29, 0.717) is 22.0 Å². The molecule has 0 saturated carbocycles. The van der Waals surface area contributed by atoms with E-state index in [1.54, 1.807) is 54.6 Å². The van der Waals surface area contributed by atoms with Crippen molar-refractivity contribution in [2.75, 3.05) is 11.9 Å². The van der Waals surface area contributed by atoms with Gasteiger partial charge in [-0.1, -0.05) is 41.9 Å². The summed E-state index contributed by atoms with van der Waals surface area (Å²) in [6.07, 6.45) is 1.57. The quantitative estimate of drug-likeness (QED) is 0.358. The summed E-state index contributed by atoms with van der Waals surface area (Å²) < 4.78 is 5.62. The highest BCUT2D eigenvalue weighted by molar-refractivity contribution is 6.30. The maximum atomic E-state index is 12.8. The number of benzene rings is 3. The van der Waals surface area contributed by atoms with Crippen molar-refractivity contribution in [3.05, 3.63) is 99.7 Å². The largest absolute Gasteiger partial charge is 0.484 e. The van der Waals surface area contributed by atoms with Gasteiger partial charge in [-0.3, -0.25) is 14.5 Å². The van der Waals surface area contributed by atoms with E-state index in [1.807, 2.05) is 32.0 Å². The number of amides is 4. The summed E-state index contributed by atoms with van der Waals surface area (Å²) in [7, 11) is 0. The molecular formula is C27H24ClN3O4. The van der Waals surface area contributed by atoms with Crippen LogP contribution in [0.5, 0.6) is 5.75 Å². The van der Waals surface area contributed by atoms with E-state index < -0.39 is 11.9 Å². The number of halogens is 1. The van der Waals surface area contributed by atoms with Gasteiger partial charge < -0.3 is 15.4 Å². The van der Waals surface area contributed by atoms with Crippen LogP contribution in [-0.4, -0.2) is 29.4 Å². The Hall–Kier alpha value is -4.10.